The molecular weight excluding hydrogens is 328 g/mol. The van der Waals surface area contributed by atoms with Crippen LogP contribution in [0.2, 0.25) is 0 Å². The minimum atomic E-state index is -0.0332. The highest BCUT2D eigenvalue weighted by Crippen LogP contribution is 2.30. The van der Waals surface area contributed by atoms with Crippen molar-refractivity contribution in [2.75, 3.05) is 18.5 Å². The molecule has 5 nitrogen and oxygen atoms in total. The van der Waals surface area contributed by atoms with Crippen LogP contribution in [0.3, 0.4) is 0 Å². The molecule has 4 rings (SSSR count). The average molecular weight is 348 g/mol. The number of hydrogen-bond donors (Lipinski definition) is 1. The lowest BCUT2D eigenvalue weighted by atomic mass is 10.1. The number of aryl methyl sites for hydroxylation is 1. The quantitative estimate of drug-likeness (QED) is 0.775. The zero-order valence-electron chi connectivity index (χ0n) is 14.4. The maximum absolute atomic E-state index is 12.3. The summed E-state index contributed by atoms with van der Waals surface area (Å²) in [5.74, 6) is 1.51. The molecule has 0 saturated heterocycles. The summed E-state index contributed by atoms with van der Waals surface area (Å²) in [6.07, 6.45) is 3.61. The van der Waals surface area contributed by atoms with Gasteiger partial charge in [0.25, 0.3) is 0 Å². The minimum Gasteiger partial charge on any atom is -0.490 e. The molecule has 0 unspecified atom stereocenters. The van der Waals surface area contributed by atoms with Crippen molar-refractivity contribution in [1.82, 2.24) is 4.98 Å². The lowest BCUT2D eigenvalue weighted by molar-refractivity contribution is -0.116. The van der Waals surface area contributed by atoms with Gasteiger partial charge < -0.3 is 14.8 Å². The van der Waals surface area contributed by atoms with Crippen LogP contribution in [0.4, 0.5) is 5.69 Å². The van der Waals surface area contributed by atoms with E-state index in [4.69, 9.17) is 9.47 Å². The summed E-state index contributed by atoms with van der Waals surface area (Å²) in [4.78, 5) is 16.6. The maximum atomic E-state index is 12.3. The Balaban J connectivity index is 1.38. The van der Waals surface area contributed by atoms with Crippen molar-refractivity contribution in [2.45, 2.75) is 19.3 Å². The molecule has 2 heterocycles. The first-order chi connectivity index (χ1) is 12.8. The molecule has 0 fully saturated rings. The summed E-state index contributed by atoms with van der Waals surface area (Å²) < 4.78 is 11.3. The smallest absolute Gasteiger partial charge is 0.224 e. The zero-order chi connectivity index (χ0) is 17.8. The van der Waals surface area contributed by atoms with E-state index in [1.54, 1.807) is 6.20 Å². The summed E-state index contributed by atoms with van der Waals surface area (Å²) in [6.45, 7) is 1.33. The number of amides is 1. The molecule has 0 bridgehead atoms. The van der Waals surface area contributed by atoms with Crippen LogP contribution in [0.25, 0.3) is 10.9 Å². The molecule has 1 aliphatic heterocycles. The summed E-state index contributed by atoms with van der Waals surface area (Å²) in [7, 11) is 0. The van der Waals surface area contributed by atoms with Crippen molar-refractivity contribution < 1.29 is 14.3 Å². The second kappa shape index (κ2) is 7.44. The Morgan fingerprint density at radius 3 is 2.81 bits per heavy atom. The number of pyridine rings is 1. The highest BCUT2D eigenvalue weighted by atomic mass is 16.5. The Morgan fingerprint density at radius 2 is 1.88 bits per heavy atom. The van der Waals surface area contributed by atoms with E-state index in [-0.39, 0.29) is 5.91 Å². The summed E-state index contributed by atoms with van der Waals surface area (Å²) in [5.41, 5.74) is 2.69. The van der Waals surface area contributed by atoms with Gasteiger partial charge in [0, 0.05) is 18.2 Å². The van der Waals surface area contributed by atoms with Crippen LogP contribution < -0.4 is 14.8 Å². The number of nitrogens with one attached hydrogen (secondary N) is 1. The highest BCUT2D eigenvalue weighted by molar-refractivity contribution is 5.93. The van der Waals surface area contributed by atoms with Gasteiger partial charge in [-0.05, 0) is 36.2 Å². The summed E-state index contributed by atoms with van der Waals surface area (Å²) in [6, 6.07) is 15.6. The molecule has 1 N–H and O–H groups in total. The van der Waals surface area contributed by atoms with Gasteiger partial charge in [-0.2, -0.15) is 0 Å². The topological polar surface area (TPSA) is 60.5 Å². The monoisotopic (exact) mass is 348 g/mol. The van der Waals surface area contributed by atoms with Crippen LogP contribution >= 0.6 is 0 Å². The summed E-state index contributed by atoms with van der Waals surface area (Å²) in [5, 5.41) is 3.93. The van der Waals surface area contributed by atoms with E-state index in [1.807, 2.05) is 48.5 Å². The third-order valence-corrected chi connectivity index (χ3v) is 4.33. The second-order valence-electron chi connectivity index (χ2n) is 6.30. The van der Waals surface area contributed by atoms with E-state index < -0.39 is 0 Å². The van der Waals surface area contributed by atoms with Gasteiger partial charge in [-0.3, -0.25) is 9.78 Å². The fourth-order valence-corrected chi connectivity index (χ4v) is 2.98. The van der Waals surface area contributed by atoms with Gasteiger partial charge in [0.1, 0.15) is 0 Å². The van der Waals surface area contributed by atoms with Crippen molar-refractivity contribution in [3.05, 3.63) is 60.3 Å². The number of aromatic nitrogens is 1. The number of benzene rings is 2. The number of carbonyl (C=O) groups excluding carboxylic acids is 1. The van der Waals surface area contributed by atoms with Gasteiger partial charge in [-0.15, -0.1) is 0 Å². The number of carbonyl (C=O) groups is 1. The number of rotatable bonds is 4. The number of anilines is 1. The molecular formula is C21H20N2O3. The minimum absolute atomic E-state index is 0.0332. The van der Waals surface area contributed by atoms with Crippen LogP contribution in [0.1, 0.15) is 18.4 Å². The molecule has 5 heteroatoms. The van der Waals surface area contributed by atoms with E-state index in [0.717, 1.165) is 34.4 Å². The van der Waals surface area contributed by atoms with Crippen molar-refractivity contribution in [1.29, 1.82) is 0 Å². The zero-order valence-corrected chi connectivity index (χ0v) is 14.4. The normalized spacial score (nSPS) is 13.2. The highest BCUT2D eigenvalue weighted by Gasteiger charge is 2.11. The molecule has 2 aromatic carbocycles. The Labute approximate surface area is 152 Å². The van der Waals surface area contributed by atoms with Gasteiger partial charge in [0.05, 0.1) is 30.6 Å². The largest absolute Gasteiger partial charge is 0.490 e. The Morgan fingerprint density at radius 1 is 1.04 bits per heavy atom. The first-order valence-corrected chi connectivity index (χ1v) is 8.81. The summed E-state index contributed by atoms with van der Waals surface area (Å²) >= 11 is 0. The predicted octanol–water partition coefficient (Wildman–Crippen LogP) is 3.97. The second-order valence-corrected chi connectivity index (χ2v) is 6.30. The van der Waals surface area contributed by atoms with Crippen LogP contribution in [-0.2, 0) is 11.2 Å². The Kier molecular flexibility index (Phi) is 4.69. The molecule has 0 radical (unpaired) electrons. The average Bonchev–Trinajstić information content (AvgIpc) is 2.91. The molecule has 3 aromatic rings. The molecule has 132 valence electrons. The van der Waals surface area contributed by atoms with Crippen molar-refractivity contribution in [3.63, 3.8) is 0 Å². The molecule has 0 spiro atoms. The molecule has 1 aliphatic rings. The van der Waals surface area contributed by atoms with E-state index in [1.165, 1.54) is 0 Å². The standard InChI is InChI=1S/C21H20N2O3/c24-21(23-17-13-16-4-1-2-5-18(16)22-14-17)9-7-15-6-8-19-20(12-15)26-11-3-10-25-19/h1-2,4-6,8,12-14H,3,7,9-11H2,(H,23,24). The fourth-order valence-electron chi connectivity index (χ4n) is 2.98. The van der Waals surface area contributed by atoms with Gasteiger partial charge in [-0.1, -0.05) is 24.3 Å². The van der Waals surface area contributed by atoms with Crippen LogP contribution in [-0.4, -0.2) is 24.1 Å². The number of ether oxygens (including phenoxy) is 2. The third-order valence-electron chi connectivity index (χ3n) is 4.33. The molecule has 0 saturated carbocycles. The van der Waals surface area contributed by atoms with E-state index in [9.17, 15) is 4.79 Å². The predicted molar refractivity (Wildman–Crippen MR) is 101 cm³/mol. The van der Waals surface area contributed by atoms with Crippen molar-refractivity contribution >= 4 is 22.5 Å². The van der Waals surface area contributed by atoms with Crippen molar-refractivity contribution in [2.24, 2.45) is 0 Å². The Bertz CT molecular complexity index is 939. The molecule has 0 atom stereocenters. The molecule has 0 aliphatic carbocycles. The first-order valence-electron chi connectivity index (χ1n) is 8.81. The van der Waals surface area contributed by atoms with Gasteiger partial charge in [0.15, 0.2) is 11.5 Å². The van der Waals surface area contributed by atoms with Gasteiger partial charge >= 0.3 is 0 Å². The molecule has 26 heavy (non-hydrogen) atoms. The van der Waals surface area contributed by atoms with Crippen LogP contribution in [0.5, 0.6) is 11.5 Å². The number of nitrogens with zero attached hydrogens (tertiary/aromatic N) is 1. The lowest BCUT2D eigenvalue weighted by Crippen LogP contribution is -2.12. The van der Waals surface area contributed by atoms with Crippen molar-refractivity contribution in [3.8, 4) is 11.5 Å². The fraction of sp³-hybridized carbons (Fsp3) is 0.238. The number of hydrogen-bond acceptors (Lipinski definition) is 4. The SMILES string of the molecule is O=C(CCc1ccc2c(c1)OCCCO2)Nc1cnc2ccccc2c1. The van der Waals surface area contributed by atoms with Gasteiger partial charge in [0.2, 0.25) is 5.91 Å². The van der Waals surface area contributed by atoms with E-state index in [0.29, 0.717) is 31.7 Å². The van der Waals surface area contributed by atoms with E-state index >= 15 is 0 Å². The first kappa shape index (κ1) is 16.4. The Hall–Kier alpha value is -3.08. The van der Waals surface area contributed by atoms with Crippen LogP contribution in [0.15, 0.2) is 54.7 Å². The third kappa shape index (κ3) is 3.77. The number of para-hydroxylation sites is 1. The van der Waals surface area contributed by atoms with E-state index in [2.05, 4.69) is 10.3 Å². The number of fused-ring (bicyclic) bond motifs is 2. The van der Waals surface area contributed by atoms with Crippen LogP contribution in [0, 0.1) is 0 Å². The lowest BCUT2D eigenvalue weighted by Gasteiger charge is -2.10. The maximum Gasteiger partial charge on any atom is 0.224 e. The van der Waals surface area contributed by atoms with Gasteiger partial charge in [-0.25, -0.2) is 0 Å². The molecule has 1 amide bonds. The molecule has 1 aromatic heterocycles.